The standard InChI is InChI=1S/C15H24N4O2/c1-4-8-18-14(20)7-9-17-13-10-11(5-6-12(13)16)15(21)19(2)3/h5-6,10,17H,4,7-9,16H2,1-3H3,(H,18,20). The molecule has 1 aromatic carbocycles. The van der Waals surface area contributed by atoms with Crippen molar-refractivity contribution in [3.8, 4) is 0 Å². The number of nitrogens with two attached hydrogens (primary N) is 1. The topological polar surface area (TPSA) is 87.5 Å². The Morgan fingerprint density at radius 1 is 1.24 bits per heavy atom. The van der Waals surface area contributed by atoms with Gasteiger partial charge in [-0.25, -0.2) is 0 Å². The lowest BCUT2D eigenvalue weighted by molar-refractivity contribution is -0.120. The van der Waals surface area contributed by atoms with Crippen LogP contribution in [0.25, 0.3) is 0 Å². The maximum Gasteiger partial charge on any atom is 0.253 e. The molecule has 0 heterocycles. The molecule has 0 saturated heterocycles. The maximum atomic E-state index is 11.9. The fourth-order valence-electron chi connectivity index (χ4n) is 1.76. The monoisotopic (exact) mass is 292 g/mol. The zero-order chi connectivity index (χ0) is 15.8. The first-order valence-corrected chi connectivity index (χ1v) is 7.07. The van der Waals surface area contributed by atoms with Crippen molar-refractivity contribution in [2.45, 2.75) is 19.8 Å². The zero-order valence-corrected chi connectivity index (χ0v) is 12.9. The molecule has 6 heteroatoms. The molecule has 0 fully saturated rings. The van der Waals surface area contributed by atoms with E-state index in [0.717, 1.165) is 6.42 Å². The minimum atomic E-state index is -0.0845. The summed E-state index contributed by atoms with van der Waals surface area (Å²) < 4.78 is 0. The van der Waals surface area contributed by atoms with Crippen molar-refractivity contribution in [2.24, 2.45) is 0 Å². The number of nitrogens with zero attached hydrogens (tertiary/aromatic N) is 1. The Kier molecular flexibility index (Phi) is 6.52. The molecule has 4 N–H and O–H groups in total. The number of amides is 2. The van der Waals surface area contributed by atoms with Gasteiger partial charge in [0.05, 0.1) is 11.4 Å². The van der Waals surface area contributed by atoms with Crippen LogP contribution in [0.1, 0.15) is 30.1 Å². The molecule has 116 valence electrons. The number of rotatable bonds is 7. The average Bonchev–Trinajstić information content (AvgIpc) is 2.46. The second kappa shape index (κ2) is 8.14. The third-order valence-electron chi connectivity index (χ3n) is 2.95. The first-order valence-electron chi connectivity index (χ1n) is 7.07. The molecular weight excluding hydrogens is 268 g/mol. The van der Waals surface area contributed by atoms with E-state index >= 15 is 0 Å². The van der Waals surface area contributed by atoms with E-state index in [9.17, 15) is 9.59 Å². The summed E-state index contributed by atoms with van der Waals surface area (Å²) in [6.07, 6.45) is 1.28. The molecule has 6 nitrogen and oxygen atoms in total. The molecule has 0 saturated carbocycles. The Morgan fingerprint density at radius 3 is 2.57 bits per heavy atom. The summed E-state index contributed by atoms with van der Waals surface area (Å²) in [5, 5.41) is 5.90. The number of nitrogens with one attached hydrogen (secondary N) is 2. The normalized spacial score (nSPS) is 10.0. The van der Waals surface area contributed by atoms with Gasteiger partial charge in [0.25, 0.3) is 5.91 Å². The van der Waals surface area contributed by atoms with E-state index in [1.54, 1.807) is 32.3 Å². The minimum absolute atomic E-state index is 0.00319. The molecule has 0 aliphatic carbocycles. The summed E-state index contributed by atoms with van der Waals surface area (Å²) in [7, 11) is 3.40. The van der Waals surface area contributed by atoms with Gasteiger partial charge in [-0.2, -0.15) is 0 Å². The highest BCUT2D eigenvalue weighted by molar-refractivity contribution is 5.95. The van der Waals surface area contributed by atoms with Gasteiger partial charge in [0.2, 0.25) is 5.91 Å². The first-order chi connectivity index (χ1) is 9.95. The average molecular weight is 292 g/mol. The fraction of sp³-hybridized carbons (Fsp3) is 0.467. The van der Waals surface area contributed by atoms with Crippen LogP contribution in [0.4, 0.5) is 11.4 Å². The summed E-state index contributed by atoms with van der Waals surface area (Å²) in [5.41, 5.74) is 7.66. The molecule has 0 unspecified atom stereocenters. The van der Waals surface area contributed by atoms with Crippen LogP contribution < -0.4 is 16.4 Å². The van der Waals surface area contributed by atoms with Crippen LogP contribution in [0.2, 0.25) is 0 Å². The number of anilines is 2. The van der Waals surface area contributed by atoms with Gasteiger partial charge >= 0.3 is 0 Å². The van der Waals surface area contributed by atoms with Crippen LogP contribution in [0.3, 0.4) is 0 Å². The predicted molar refractivity (Wildman–Crippen MR) is 85.3 cm³/mol. The summed E-state index contributed by atoms with van der Waals surface area (Å²) >= 11 is 0. The molecule has 21 heavy (non-hydrogen) atoms. The van der Waals surface area contributed by atoms with Crippen LogP contribution in [0.5, 0.6) is 0 Å². The van der Waals surface area contributed by atoms with Gasteiger partial charge in [-0.15, -0.1) is 0 Å². The smallest absolute Gasteiger partial charge is 0.253 e. The minimum Gasteiger partial charge on any atom is -0.397 e. The van der Waals surface area contributed by atoms with Crippen molar-refractivity contribution in [1.82, 2.24) is 10.2 Å². The third-order valence-corrected chi connectivity index (χ3v) is 2.95. The highest BCUT2D eigenvalue weighted by Gasteiger charge is 2.10. The first kappa shape index (κ1) is 16.8. The van der Waals surface area contributed by atoms with E-state index in [1.165, 1.54) is 4.90 Å². The molecule has 0 aliphatic heterocycles. The maximum absolute atomic E-state index is 11.9. The number of hydrogen-bond donors (Lipinski definition) is 3. The number of nitrogen functional groups attached to an aromatic ring is 1. The lowest BCUT2D eigenvalue weighted by atomic mass is 10.1. The molecule has 1 rings (SSSR count). The van der Waals surface area contributed by atoms with Crippen molar-refractivity contribution < 1.29 is 9.59 Å². The molecule has 0 radical (unpaired) electrons. The van der Waals surface area contributed by atoms with Gasteiger partial charge in [-0.3, -0.25) is 9.59 Å². The van der Waals surface area contributed by atoms with Crippen molar-refractivity contribution in [3.05, 3.63) is 23.8 Å². The Hall–Kier alpha value is -2.24. The van der Waals surface area contributed by atoms with Crippen LogP contribution in [-0.2, 0) is 4.79 Å². The summed E-state index contributed by atoms with van der Waals surface area (Å²) in [6, 6.07) is 5.09. The van der Waals surface area contributed by atoms with E-state index in [4.69, 9.17) is 5.73 Å². The SMILES string of the molecule is CCCNC(=O)CCNc1cc(C(=O)N(C)C)ccc1N. The molecule has 0 aromatic heterocycles. The zero-order valence-electron chi connectivity index (χ0n) is 12.9. The van der Waals surface area contributed by atoms with E-state index < -0.39 is 0 Å². The van der Waals surface area contributed by atoms with E-state index in [2.05, 4.69) is 10.6 Å². The number of carbonyl (C=O) groups is 2. The van der Waals surface area contributed by atoms with Crippen LogP contribution >= 0.6 is 0 Å². The Labute approximate surface area is 125 Å². The quantitative estimate of drug-likeness (QED) is 0.661. The molecule has 0 bridgehead atoms. The van der Waals surface area contributed by atoms with E-state index in [1.807, 2.05) is 6.92 Å². The van der Waals surface area contributed by atoms with Gasteiger partial charge < -0.3 is 21.3 Å². The van der Waals surface area contributed by atoms with Crippen LogP contribution in [0, 0.1) is 0 Å². The summed E-state index contributed by atoms with van der Waals surface area (Å²) in [5.74, 6) is -0.0813. The molecule has 0 aliphatic rings. The van der Waals surface area contributed by atoms with Gasteiger partial charge in [0.1, 0.15) is 0 Å². The lowest BCUT2D eigenvalue weighted by Crippen LogP contribution is -2.26. The molecule has 0 atom stereocenters. The van der Waals surface area contributed by atoms with E-state index in [0.29, 0.717) is 36.4 Å². The van der Waals surface area contributed by atoms with Gasteiger partial charge in [-0.1, -0.05) is 6.92 Å². The Morgan fingerprint density at radius 2 is 1.95 bits per heavy atom. The summed E-state index contributed by atoms with van der Waals surface area (Å²) in [4.78, 5) is 24.9. The van der Waals surface area contributed by atoms with Crippen LogP contribution in [-0.4, -0.2) is 43.9 Å². The van der Waals surface area contributed by atoms with Crippen molar-refractivity contribution in [3.63, 3.8) is 0 Å². The molecular formula is C15H24N4O2. The lowest BCUT2D eigenvalue weighted by Gasteiger charge is -2.14. The number of hydrogen-bond acceptors (Lipinski definition) is 4. The number of benzene rings is 1. The summed E-state index contributed by atoms with van der Waals surface area (Å²) in [6.45, 7) is 3.17. The van der Waals surface area contributed by atoms with E-state index in [-0.39, 0.29) is 11.8 Å². The Balaban J connectivity index is 2.60. The Bertz CT molecular complexity index is 500. The third kappa shape index (κ3) is 5.33. The van der Waals surface area contributed by atoms with Gasteiger partial charge in [0, 0.05) is 39.2 Å². The second-order valence-electron chi connectivity index (χ2n) is 5.03. The highest BCUT2D eigenvalue weighted by Crippen LogP contribution is 2.20. The molecule has 0 spiro atoms. The van der Waals surface area contributed by atoms with Crippen molar-refractivity contribution in [2.75, 3.05) is 38.2 Å². The van der Waals surface area contributed by atoms with Crippen molar-refractivity contribution >= 4 is 23.2 Å². The van der Waals surface area contributed by atoms with Gasteiger partial charge in [0.15, 0.2) is 0 Å². The molecule has 1 aromatic rings. The highest BCUT2D eigenvalue weighted by atomic mass is 16.2. The predicted octanol–water partition coefficient (Wildman–Crippen LogP) is 1.30. The molecule has 2 amide bonds. The number of carbonyl (C=O) groups excluding carboxylic acids is 2. The van der Waals surface area contributed by atoms with Crippen LogP contribution in [0.15, 0.2) is 18.2 Å². The second-order valence-corrected chi connectivity index (χ2v) is 5.03. The fourth-order valence-corrected chi connectivity index (χ4v) is 1.76. The van der Waals surface area contributed by atoms with Crippen molar-refractivity contribution in [1.29, 1.82) is 0 Å². The largest absolute Gasteiger partial charge is 0.397 e. The van der Waals surface area contributed by atoms with Gasteiger partial charge in [-0.05, 0) is 24.6 Å².